The van der Waals surface area contributed by atoms with Crippen molar-refractivity contribution in [1.82, 2.24) is 5.48 Å². The molecule has 0 spiro atoms. The molecule has 0 fully saturated rings. The van der Waals surface area contributed by atoms with Crippen LogP contribution in [0, 0.1) is 0 Å². The van der Waals surface area contributed by atoms with Gasteiger partial charge in [-0.3, -0.25) is 14.8 Å². The predicted octanol–water partition coefficient (Wildman–Crippen LogP) is 4.25. The number of nitrogens with one attached hydrogen (secondary N) is 2. The molecular formula is C15H18BrF3N2O3. The Morgan fingerprint density at radius 1 is 1.00 bits per heavy atom. The Labute approximate surface area is 145 Å². The number of hydrogen-bond acceptors (Lipinski definition) is 3. The molecule has 0 saturated carbocycles. The molecule has 9 heteroatoms. The molecule has 0 saturated heterocycles. The normalized spacial score (nSPS) is 11.2. The number of hydroxylamine groups is 1. The molecule has 1 aromatic carbocycles. The van der Waals surface area contributed by atoms with Crippen molar-refractivity contribution in [1.29, 1.82) is 0 Å². The Bertz CT molecular complexity index is 580. The topological polar surface area (TPSA) is 78.4 Å². The van der Waals surface area contributed by atoms with E-state index in [0.717, 1.165) is 18.6 Å². The van der Waals surface area contributed by atoms with Gasteiger partial charge in [0.25, 0.3) is 0 Å². The second-order valence-corrected chi connectivity index (χ2v) is 6.14. The smallest absolute Gasteiger partial charge is 0.326 e. The van der Waals surface area contributed by atoms with Crippen LogP contribution in [0.4, 0.5) is 18.9 Å². The van der Waals surface area contributed by atoms with Gasteiger partial charge in [0.05, 0.1) is 5.56 Å². The fourth-order valence-electron chi connectivity index (χ4n) is 2.03. The Hall–Kier alpha value is -1.61. The zero-order valence-corrected chi connectivity index (χ0v) is 14.3. The average Bonchev–Trinajstić information content (AvgIpc) is 2.48. The molecule has 2 amide bonds. The Morgan fingerprint density at radius 2 is 1.58 bits per heavy atom. The lowest BCUT2D eigenvalue weighted by Crippen LogP contribution is -2.17. The highest BCUT2D eigenvalue weighted by Crippen LogP contribution is 2.33. The maximum Gasteiger partial charge on any atom is 0.416 e. The second kappa shape index (κ2) is 9.63. The van der Waals surface area contributed by atoms with Gasteiger partial charge in [-0.25, -0.2) is 5.48 Å². The number of anilines is 1. The molecule has 134 valence electrons. The summed E-state index contributed by atoms with van der Waals surface area (Å²) in [5.74, 6) is -0.822. The van der Waals surface area contributed by atoms with Gasteiger partial charge in [-0.15, -0.1) is 0 Å². The zero-order chi connectivity index (χ0) is 18.2. The van der Waals surface area contributed by atoms with Gasteiger partial charge in [-0.2, -0.15) is 13.2 Å². The highest BCUT2D eigenvalue weighted by molar-refractivity contribution is 9.10. The van der Waals surface area contributed by atoms with Crippen LogP contribution in [0.1, 0.15) is 44.1 Å². The minimum absolute atomic E-state index is 0.0846. The van der Waals surface area contributed by atoms with Crippen molar-refractivity contribution in [3.63, 3.8) is 0 Å². The van der Waals surface area contributed by atoms with E-state index in [1.54, 1.807) is 0 Å². The summed E-state index contributed by atoms with van der Waals surface area (Å²) in [7, 11) is 0. The van der Waals surface area contributed by atoms with E-state index in [9.17, 15) is 22.8 Å². The summed E-state index contributed by atoms with van der Waals surface area (Å²) in [6.07, 6.45) is -1.51. The van der Waals surface area contributed by atoms with Gasteiger partial charge in [0.2, 0.25) is 11.8 Å². The lowest BCUT2D eigenvalue weighted by Gasteiger charge is -2.11. The SMILES string of the molecule is O=C(CCCCCCC(=O)Nc1cc(Br)cc(C(F)(F)F)c1)NO. The maximum atomic E-state index is 12.7. The zero-order valence-electron chi connectivity index (χ0n) is 12.8. The number of rotatable bonds is 8. The molecule has 0 atom stereocenters. The molecule has 0 aliphatic rings. The monoisotopic (exact) mass is 410 g/mol. The van der Waals surface area contributed by atoms with Crippen molar-refractivity contribution in [3.8, 4) is 0 Å². The summed E-state index contributed by atoms with van der Waals surface area (Å²) in [6, 6.07) is 3.23. The Balaban J connectivity index is 2.38. The number of carbonyl (C=O) groups excluding carboxylic acids is 2. The van der Waals surface area contributed by atoms with Crippen molar-refractivity contribution >= 4 is 33.4 Å². The number of hydrogen-bond donors (Lipinski definition) is 3. The van der Waals surface area contributed by atoms with Crippen molar-refractivity contribution in [2.75, 3.05) is 5.32 Å². The molecule has 1 rings (SSSR count). The van der Waals surface area contributed by atoms with E-state index in [1.165, 1.54) is 11.5 Å². The number of amides is 2. The molecule has 0 bridgehead atoms. The van der Waals surface area contributed by atoms with E-state index < -0.39 is 17.6 Å². The number of alkyl halides is 3. The molecule has 1 aromatic rings. The first-order valence-electron chi connectivity index (χ1n) is 7.33. The van der Waals surface area contributed by atoms with Crippen molar-refractivity contribution in [2.24, 2.45) is 0 Å². The summed E-state index contributed by atoms with van der Waals surface area (Å²) in [6.45, 7) is 0. The summed E-state index contributed by atoms with van der Waals surface area (Å²) in [5.41, 5.74) is 0.780. The molecule has 3 N–H and O–H groups in total. The van der Waals surface area contributed by atoms with Crippen LogP contribution >= 0.6 is 15.9 Å². The number of unbranched alkanes of at least 4 members (excludes halogenated alkanes) is 3. The van der Waals surface area contributed by atoms with E-state index in [2.05, 4.69) is 21.2 Å². The summed E-state index contributed by atoms with van der Waals surface area (Å²) in [5, 5.41) is 10.8. The maximum absolute atomic E-state index is 12.7. The molecule has 0 heterocycles. The first-order chi connectivity index (χ1) is 11.2. The molecule has 0 aromatic heterocycles. The minimum Gasteiger partial charge on any atom is -0.326 e. The third-order valence-electron chi connectivity index (χ3n) is 3.19. The van der Waals surface area contributed by atoms with E-state index in [-0.39, 0.29) is 28.9 Å². The third-order valence-corrected chi connectivity index (χ3v) is 3.65. The fraction of sp³-hybridized carbons (Fsp3) is 0.467. The standard InChI is InChI=1S/C15H18BrF3N2O3/c16-11-7-10(15(17,18)19)8-12(9-11)20-13(22)5-3-1-2-4-6-14(23)21-24/h7-9,24H,1-6H2,(H,20,22)(H,21,23). The van der Waals surface area contributed by atoms with Crippen molar-refractivity contribution in [3.05, 3.63) is 28.2 Å². The molecule has 0 aliphatic heterocycles. The molecule has 24 heavy (non-hydrogen) atoms. The first kappa shape index (κ1) is 20.4. The quantitative estimate of drug-likeness (QED) is 0.340. The lowest BCUT2D eigenvalue weighted by atomic mass is 10.1. The van der Waals surface area contributed by atoms with Crippen LogP contribution in [0.3, 0.4) is 0 Å². The second-order valence-electron chi connectivity index (χ2n) is 5.22. The van der Waals surface area contributed by atoms with E-state index >= 15 is 0 Å². The van der Waals surface area contributed by atoms with Gasteiger partial charge in [-0.05, 0) is 31.0 Å². The van der Waals surface area contributed by atoms with Gasteiger partial charge in [-0.1, -0.05) is 28.8 Å². The lowest BCUT2D eigenvalue weighted by molar-refractivity contribution is -0.137. The van der Waals surface area contributed by atoms with Crippen LogP contribution in [-0.2, 0) is 15.8 Å². The number of carbonyl (C=O) groups is 2. The van der Waals surface area contributed by atoms with Crippen molar-refractivity contribution in [2.45, 2.75) is 44.7 Å². The third kappa shape index (κ3) is 7.78. The minimum atomic E-state index is -4.48. The predicted molar refractivity (Wildman–Crippen MR) is 85.4 cm³/mol. The van der Waals surface area contributed by atoms with Gasteiger partial charge >= 0.3 is 6.18 Å². The van der Waals surface area contributed by atoms with Gasteiger partial charge in [0.15, 0.2) is 0 Å². The summed E-state index contributed by atoms with van der Waals surface area (Å²) < 4.78 is 38.4. The van der Waals surface area contributed by atoms with Crippen LogP contribution in [0.15, 0.2) is 22.7 Å². The molecule has 0 radical (unpaired) electrons. The van der Waals surface area contributed by atoms with Crippen LogP contribution < -0.4 is 10.8 Å². The van der Waals surface area contributed by atoms with E-state index in [4.69, 9.17) is 5.21 Å². The largest absolute Gasteiger partial charge is 0.416 e. The van der Waals surface area contributed by atoms with Crippen LogP contribution in [0.5, 0.6) is 0 Å². The molecular weight excluding hydrogens is 393 g/mol. The van der Waals surface area contributed by atoms with E-state index in [1.807, 2.05) is 0 Å². The fourth-order valence-corrected chi connectivity index (χ4v) is 2.52. The molecule has 5 nitrogen and oxygen atoms in total. The molecule has 0 unspecified atom stereocenters. The van der Waals surface area contributed by atoms with E-state index in [0.29, 0.717) is 19.3 Å². The van der Waals surface area contributed by atoms with Crippen LogP contribution in [0.2, 0.25) is 0 Å². The first-order valence-corrected chi connectivity index (χ1v) is 8.12. The Kier molecular flexibility index (Phi) is 8.20. The number of benzene rings is 1. The van der Waals surface area contributed by atoms with Gasteiger partial charge in [0.1, 0.15) is 0 Å². The highest BCUT2D eigenvalue weighted by Gasteiger charge is 2.31. The summed E-state index contributed by atoms with van der Waals surface area (Å²) >= 11 is 2.99. The number of halogens is 4. The summed E-state index contributed by atoms with van der Waals surface area (Å²) in [4.78, 5) is 22.5. The Morgan fingerprint density at radius 3 is 2.12 bits per heavy atom. The van der Waals surface area contributed by atoms with Gasteiger partial charge < -0.3 is 5.32 Å². The van der Waals surface area contributed by atoms with Crippen LogP contribution in [-0.4, -0.2) is 17.0 Å². The average molecular weight is 411 g/mol. The highest BCUT2D eigenvalue weighted by atomic mass is 79.9. The van der Waals surface area contributed by atoms with Gasteiger partial charge in [0, 0.05) is 23.0 Å². The van der Waals surface area contributed by atoms with Crippen molar-refractivity contribution < 1.29 is 28.0 Å². The van der Waals surface area contributed by atoms with Crippen LogP contribution in [0.25, 0.3) is 0 Å². The molecule has 0 aliphatic carbocycles.